The van der Waals surface area contributed by atoms with Crippen molar-refractivity contribution in [1.29, 1.82) is 0 Å². The molecule has 4 aliphatic rings. The van der Waals surface area contributed by atoms with Crippen LogP contribution >= 0.6 is 11.8 Å². The molecule has 146 valence electrons. The standard InChI is InChI=1S/C18H31N5O2S/c19-15(24)12-10-20-23(11-6-2-1-3-7-11)16(12)22-17(25)18-21-13-8-4-5-9-14(13)26-18/h11-14,16,18,20-21H,1-10H2,(H2,19,24)(H,22,25). The van der Waals surface area contributed by atoms with Gasteiger partial charge in [-0.2, -0.15) is 0 Å². The number of nitrogens with zero attached hydrogens (tertiary/aromatic N) is 1. The number of thioether (sulfide) groups is 1. The summed E-state index contributed by atoms with van der Waals surface area (Å²) in [7, 11) is 0. The Morgan fingerprint density at radius 3 is 2.50 bits per heavy atom. The van der Waals surface area contributed by atoms with Gasteiger partial charge in [0.25, 0.3) is 0 Å². The van der Waals surface area contributed by atoms with Crippen LogP contribution in [0.1, 0.15) is 57.8 Å². The SMILES string of the molecule is NC(=O)C1CNN(C2CCCCC2)C1NC(=O)C1NC2CCCCC2S1. The van der Waals surface area contributed by atoms with E-state index in [1.807, 2.05) is 0 Å². The molecule has 4 fully saturated rings. The molecule has 2 aliphatic carbocycles. The number of carbonyl (C=O) groups is 2. The zero-order chi connectivity index (χ0) is 18.1. The van der Waals surface area contributed by atoms with Crippen LogP contribution < -0.4 is 21.8 Å². The Hall–Kier alpha value is -0.830. The molecule has 0 radical (unpaired) electrons. The molecule has 2 saturated heterocycles. The van der Waals surface area contributed by atoms with E-state index < -0.39 is 0 Å². The third-order valence-corrected chi connectivity index (χ3v) is 7.95. The molecular weight excluding hydrogens is 350 g/mol. The summed E-state index contributed by atoms with van der Waals surface area (Å²) < 4.78 is 0. The van der Waals surface area contributed by atoms with E-state index in [-0.39, 0.29) is 29.3 Å². The number of carbonyl (C=O) groups excluding carboxylic acids is 2. The third kappa shape index (κ3) is 3.74. The van der Waals surface area contributed by atoms with E-state index in [1.54, 1.807) is 11.8 Å². The van der Waals surface area contributed by atoms with Gasteiger partial charge < -0.3 is 11.1 Å². The van der Waals surface area contributed by atoms with Crippen LogP contribution in [0.2, 0.25) is 0 Å². The van der Waals surface area contributed by atoms with Crippen LogP contribution in [0.3, 0.4) is 0 Å². The van der Waals surface area contributed by atoms with Gasteiger partial charge in [-0.05, 0) is 25.7 Å². The van der Waals surface area contributed by atoms with E-state index >= 15 is 0 Å². The average Bonchev–Trinajstić information content (AvgIpc) is 3.26. The van der Waals surface area contributed by atoms with Crippen LogP contribution in [0.25, 0.3) is 0 Å². The highest BCUT2D eigenvalue weighted by atomic mass is 32.2. The molecule has 8 heteroatoms. The van der Waals surface area contributed by atoms with E-state index in [1.165, 1.54) is 38.5 Å². The molecule has 0 bridgehead atoms. The molecule has 5 unspecified atom stereocenters. The highest BCUT2D eigenvalue weighted by Crippen LogP contribution is 2.37. The van der Waals surface area contributed by atoms with Gasteiger partial charge in [0.1, 0.15) is 11.5 Å². The van der Waals surface area contributed by atoms with Gasteiger partial charge in [0.05, 0.1) is 5.92 Å². The Morgan fingerprint density at radius 1 is 1.04 bits per heavy atom. The fraction of sp³-hybridized carbons (Fsp3) is 0.889. The molecular formula is C18H31N5O2S. The molecule has 4 rings (SSSR count). The van der Waals surface area contributed by atoms with Crippen molar-refractivity contribution in [2.24, 2.45) is 11.7 Å². The van der Waals surface area contributed by atoms with Crippen molar-refractivity contribution in [3.63, 3.8) is 0 Å². The van der Waals surface area contributed by atoms with Crippen molar-refractivity contribution in [2.75, 3.05) is 6.54 Å². The Kier molecular flexibility index (Phi) is 5.73. The molecule has 5 atom stereocenters. The normalized spacial score (nSPS) is 38.8. The summed E-state index contributed by atoms with van der Waals surface area (Å²) in [6, 6.07) is 0.817. The van der Waals surface area contributed by atoms with Crippen molar-refractivity contribution < 1.29 is 9.59 Å². The lowest BCUT2D eigenvalue weighted by atomic mass is 9.94. The Labute approximate surface area is 159 Å². The average molecular weight is 382 g/mol. The fourth-order valence-electron chi connectivity index (χ4n) is 4.97. The van der Waals surface area contributed by atoms with Crippen LogP contribution in [0, 0.1) is 5.92 Å². The van der Waals surface area contributed by atoms with E-state index in [4.69, 9.17) is 5.73 Å². The van der Waals surface area contributed by atoms with Crippen LogP contribution in [0.4, 0.5) is 0 Å². The highest BCUT2D eigenvalue weighted by molar-refractivity contribution is 8.01. The number of nitrogens with one attached hydrogen (secondary N) is 3. The number of fused-ring (bicyclic) bond motifs is 1. The van der Waals surface area contributed by atoms with Crippen LogP contribution in [-0.4, -0.2) is 52.2 Å². The summed E-state index contributed by atoms with van der Waals surface area (Å²) >= 11 is 1.75. The van der Waals surface area contributed by atoms with Crippen LogP contribution in [0.5, 0.6) is 0 Å². The van der Waals surface area contributed by atoms with Crippen molar-refractivity contribution in [2.45, 2.75) is 86.7 Å². The number of primary amides is 1. The monoisotopic (exact) mass is 381 g/mol. The predicted molar refractivity (Wildman–Crippen MR) is 102 cm³/mol. The Balaban J connectivity index is 1.42. The molecule has 0 spiro atoms. The predicted octanol–water partition coefficient (Wildman–Crippen LogP) is 0.657. The second kappa shape index (κ2) is 8.04. The minimum atomic E-state index is -0.380. The Bertz CT molecular complexity index is 528. The number of nitrogens with two attached hydrogens (primary N) is 1. The summed E-state index contributed by atoms with van der Waals surface area (Å²) in [5.74, 6) is -0.735. The first-order valence-electron chi connectivity index (χ1n) is 10.2. The first-order valence-corrected chi connectivity index (χ1v) is 11.1. The first-order chi connectivity index (χ1) is 12.6. The van der Waals surface area contributed by atoms with Gasteiger partial charge in [-0.1, -0.05) is 32.1 Å². The molecule has 0 aromatic carbocycles. The summed E-state index contributed by atoms with van der Waals surface area (Å²) in [6.45, 7) is 0.507. The summed E-state index contributed by atoms with van der Waals surface area (Å²) in [5.41, 5.74) is 8.97. The molecule has 0 aromatic rings. The fourth-order valence-corrected chi connectivity index (χ4v) is 6.47. The number of hydrogen-bond donors (Lipinski definition) is 4. The molecule has 2 heterocycles. The maximum Gasteiger partial charge on any atom is 0.248 e. The minimum Gasteiger partial charge on any atom is -0.369 e. The summed E-state index contributed by atoms with van der Waals surface area (Å²) in [4.78, 5) is 24.9. The van der Waals surface area contributed by atoms with Gasteiger partial charge in [0.15, 0.2) is 0 Å². The molecule has 26 heavy (non-hydrogen) atoms. The quantitative estimate of drug-likeness (QED) is 0.571. The van der Waals surface area contributed by atoms with Crippen molar-refractivity contribution in [1.82, 2.24) is 21.1 Å². The van der Waals surface area contributed by atoms with Gasteiger partial charge in [-0.3, -0.25) is 20.3 Å². The van der Waals surface area contributed by atoms with Crippen molar-refractivity contribution in [3.05, 3.63) is 0 Å². The number of hydrazine groups is 1. The smallest absolute Gasteiger partial charge is 0.248 e. The molecule has 0 aromatic heterocycles. The first kappa shape index (κ1) is 18.5. The van der Waals surface area contributed by atoms with E-state index in [0.29, 0.717) is 23.9 Å². The van der Waals surface area contributed by atoms with Crippen LogP contribution in [-0.2, 0) is 9.59 Å². The summed E-state index contributed by atoms with van der Waals surface area (Å²) in [6.07, 6.45) is 10.4. The molecule has 2 saturated carbocycles. The highest BCUT2D eigenvalue weighted by Gasteiger charge is 2.45. The van der Waals surface area contributed by atoms with Gasteiger partial charge in [0.2, 0.25) is 11.8 Å². The zero-order valence-corrected chi connectivity index (χ0v) is 16.1. The molecule has 5 N–H and O–H groups in total. The lowest BCUT2D eigenvalue weighted by Crippen LogP contribution is -2.58. The lowest BCUT2D eigenvalue weighted by Gasteiger charge is -2.36. The van der Waals surface area contributed by atoms with Crippen molar-refractivity contribution >= 4 is 23.6 Å². The lowest BCUT2D eigenvalue weighted by molar-refractivity contribution is -0.126. The molecule has 2 aliphatic heterocycles. The topological polar surface area (TPSA) is 99.5 Å². The minimum absolute atomic E-state index is 0.00911. The molecule has 7 nitrogen and oxygen atoms in total. The largest absolute Gasteiger partial charge is 0.369 e. The van der Waals surface area contributed by atoms with Gasteiger partial charge in [0, 0.05) is 23.9 Å². The Morgan fingerprint density at radius 2 is 1.77 bits per heavy atom. The van der Waals surface area contributed by atoms with Gasteiger partial charge >= 0.3 is 0 Å². The second-order valence-electron chi connectivity index (χ2n) is 8.14. The zero-order valence-electron chi connectivity index (χ0n) is 15.3. The summed E-state index contributed by atoms with van der Waals surface area (Å²) in [5, 5.41) is 9.09. The maximum atomic E-state index is 12.9. The van der Waals surface area contributed by atoms with Crippen molar-refractivity contribution in [3.8, 4) is 0 Å². The number of rotatable bonds is 4. The number of hydrogen-bond acceptors (Lipinski definition) is 6. The van der Waals surface area contributed by atoms with E-state index in [9.17, 15) is 9.59 Å². The number of amides is 2. The molecule has 2 amide bonds. The van der Waals surface area contributed by atoms with Gasteiger partial charge in [-0.15, -0.1) is 11.8 Å². The van der Waals surface area contributed by atoms with E-state index in [2.05, 4.69) is 21.1 Å². The van der Waals surface area contributed by atoms with E-state index in [0.717, 1.165) is 19.3 Å². The maximum absolute atomic E-state index is 12.9. The third-order valence-electron chi connectivity index (χ3n) is 6.42. The van der Waals surface area contributed by atoms with Crippen LogP contribution in [0.15, 0.2) is 0 Å². The second-order valence-corrected chi connectivity index (χ2v) is 9.48. The van der Waals surface area contributed by atoms with Gasteiger partial charge in [-0.25, -0.2) is 5.01 Å².